The monoisotopic (exact) mass is 576 g/mol. The zero-order chi connectivity index (χ0) is 25.5. The summed E-state index contributed by atoms with van der Waals surface area (Å²) in [6, 6.07) is 11.2. The zero-order valence-corrected chi connectivity index (χ0v) is 22.7. The van der Waals surface area contributed by atoms with Gasteiger partial charge in [-0.15, -0.1) is 0 Å². The van der Waals surface area contributed by atoms with Gasteiger partial charge in [0.05, 0.1) is 22.9 Å². The van der Waals surface area contributed by atoms with Crippen LogP contribution in [-0.2, 0) is 20.4 Å². The van der Waals surface area contributed by atoms with Crippen LogP contribution in [0.2, 0.25) is 0 Å². The van der Waals surface area contributed by atoms with Crippen molar-refractivity contribution in [3.63, 3.8) is 0 Å². The van der Waals surface area contributed by atoms with Crippen LogP contribution < -0.4 is 16.0 Å². The summed E-state index contributed by atoms with van der Waals surface area (Å²) >= 11 is 3.35. The molecule has 0 bridgehead atoms. The molecule has 0 aromatic heterocycles. The van der Waals surface area contributed by atoms with Gasteiger partial charge in [-0.05, 0) is 74.8 Å². The van der Waals surface area contributed by atoms with Gasteiger partial charge in [-0.3, -0.25) is 9.59 Å². The smallest absolute Gasteiger partial charge is 0.251 e. The summed E-state index contributed by atoms with van der Waals surface area (Å²) in [5.74, 6) is -1.11. The Hall–Kier alpha value is -2.43. The van der Waals surface area contributed by atoms with Crippen molar-refractivity contribution in [1.29, 1.82) is 0 Å². The number of nitrogens with one attached hydrogen (secondary N) is 3. The first kappa shape index (κ1) is 26.6. The van der Waals surface area contributed by atoms with E-state index in [-0.39, 0.29) is 17.4 Å². The minimum absolute atomic E-state index is 0.151. The highest BCUT2D eigenvalue weighted by atomic mass is 79.9. The number of fused-ring (bicyclic) bond motifs is 1. The molecule has 0 unspecified atom stereocenters. The number of rotatable bonds is 9. The molecule has 0 spiro atoms. The number of benzene rings is 2. The van der Waals surface area contributed by atoms with Gasteiger partial charge in [0.25, 0.3) is 5.91 Å². The van der Waals surface area contributed by atoms with Crippen LogP contribution in [0.15, 0.2) is 46.9 Å². The van der Waals surface area contributed by atoms with Gasteiger partial charge in [0.15, 0.2) is 9.84 Å². The van der Waals surface area contributed by atoms with Crippen LogP contribution in [0.25, 0.3) is 0 Å². The lowest BCUT2D eigenvalue weighted by Crippen LogP contribution is -2.43. The highest BCUT2D eigenvalue weighted by Gasteiger charge is 2.30. The second kappa shape index (κ2) is 12.2. The fourth-order valence-corrected chi connectivity index (χ4v) is 6.66. The molecule has 2 heterocycles. The van der Waals surface area contributed by atoms with Crippen molar-refractivity contribution in [2.75, 3.05) is 42.6 Å². The van der Waals surface area contributed by atoms with Crippen molar-refractivity contribution in [2.45, 2.75) is 43.9 Å². The highest BCUT2D eigenvalue weighted by molar-refractivity contribution is 9.10. The lowest BCUT2D eigenvalue weighted by molar-refractivity contribution is -0.116. The Morgan fingerprint density at radius 2 is 1.83 bits per heavy atom. The summed E-state index contributed by atoms with van der Waals surface area (Å²) < 4.78 is 26.3. The maximum absolute atomic E-state index is 12.7. The first-order valence-corrected chi connectivity index (χ1v) is 15.1. The SMILES string of the molecule is O=C(NCCCN1CCCCCC1)c1ccc2c(c1)NC(=O)[C@H](CS(=O)(=O)Cc1cccc(Br)c1)N2. The molecule has 2 amide bonds. The van der Waals surface area contributed by atoms with Crippen molar-refractivity contribution in [1.82, 2.24) is 10.2 Å². The number of nitrogens with zero attached hydrogens (tertiary/aromatic N) is 1. The summed E-state index contributed by atoms with van der Waals surface area (Å²) in [5.41, 5.74) is 2.17. The maximum Gasteiger partial charge on any atom is 0.251 e. The van der Waals surface area contributed by atoms with Crippen LogP contribution in [0.4, 0.5) is 11.4 Å². The number of sulfone groups is 1. The largest absolute Gasteiger partial charge is 0.371 e. The van der Waals surface area contributed by atoms with Gasteiger partial charge in [0.2, 0.25) is 5.91 Å². The van der Waals surface area contributed by atoms with Crippen LogP contribution in [0.1, 0.15) is 48.0 Å². The fourth-order valence-electron chi connectivity index (χ4n) is 4.67. The van der Waals surface area contributed by atoms with E-state index < -0.39 is 21.8 Å². The lowest BCUT2D eigenvalue weighted by Gasteiger charge is -2.27. The lowest BCUT2D eigenvalue weighted by atomic mass is 10.1. The van der Waals surface area contributed by atoms with Gasteiger partial charge in [0.1, 0.15) is 6.04 Å². The molecule has 3 N–H and O–H groups in total. The molecule has 2 aliphatic rings. The fraction of sp³-hybridized carbons (Fsp3) is 0.462. The number of anilines is 2. The molecule has 4 rings (SSSR count). The second-order valence-corrected chi connectivity index (χ2v) is 12.5. The van der Waals surface area contributed by atoms with Crippen LogP contribution in [-0.4, -0.2) is 63.1 Å². The van der Waals surface area contributed by atoms with E-state index in [0.717, 1.165) is 30.5 Å². The number of halogens is 1. The third kappa shape index (κ3) is 7.54. The average Bonchev–Trinajstić information content (AvgIpc) is 3.10. The molecule has 1 saturated heterocycles. The third-order valence-electron chi connectivity index (χ3n) is 6.52. The molecule has 1 fully saturated rings. The van der Waals surface area contributed by atoms with Crippen LogP contribution in [0.3, 0.4) is 0 Å². The second-order valence-electron chi connectivity index (χ2n) is 9.50. The first-order chi connectivity index (χ1) is 17.3. The molecular formula is C26H33BrN4O4S. The molecule has 10 heteroatoms. The number of amides is 2. The highest BCUT2D eigenvalue weighted by Crippen LogP contribution is 2.28. The van der Waals surface area contributed by atoms with Crippen LogP contribution in [0, 0.1) is 0 Å². The van der Waals surface area contributed by atoms with Crippen molar-refractivity contribution < 1.29 is 18.0 Å². The van der Waals surface area contributed by atoms with E-state index in [0.29, 0.717) is 29.0 Å². The Kier molecular flexibility index (Phi) is 9.03. The quantitative estimate of drug-likeness (QED) is 0.392. The van der Waals surface area contributed by atoms with Crippen molar-refractivity contribution in [3.05, 3.63) is 58.1 Å². The first-order valence-electron chi connectivity index (χ1n) is 12.5. The van der Waals surface area contributed by atoms with E-state index in [1.165, 1.54) is 25.7 Å². The maximum atomic E-state index is 12.7. The minimum Gasteiger partial charge on any atom is -0.371 e. The molecule has 2 aromatic carbocycles. The van der Waals surface area contributed by atoms with Crippen molar-refractivity contribution >= 4 is 49.0 Å². The number of hydrogen-bond donors (Lipinski definition) is 3. The zero-order valence-electron chi connectivity index (χ0n) is 20.3. The number of carbonyl (C=O) groups is 2. The molecular weight excluding hydrogens is 544 g/mol. The molecule has 0 saturated carbocycles. The Balaban J connectivity index is 1.30. The molecule has 2 aromatic rings. The Morgan fingerprint density at radius 1 is 1.06 bits per heavy atom. The number of likely N-dealkylation sites (tertiary alicyclic amines) is 1. The summed E-state index contributed by atoms with van der Waals surface area (Å²) in [6.45, 7) is 3.85. The molecule has 8 nitrogen and oxygen atoms in total. The van der Waals surface area contributed by atoms with Crippen molar-refractivity contribution in [3.8, 4) is 0 Å². The molecule has 1 atom stereocenters. The standard InChI is InChI=1S/C26H33BrN4O4S/c27-21-8-5-7-19(15-21)17-36(34,35)18-24-26(33)30-23-16-20(9-10-22(23)29-24)25(32)28-11-6-14-31-12-3-1-2-4-13-31/h5,7-10,15-16,24,29H,1-4,6,11-14,17-18H2,(H,28,32)(H,30,33)/t24-/m0/s1. The molecule has 0 aliphatic carbocycles. The van der Waals surface area contributed by atoms with Gasteiger partial charge in [0, 0.05) is 16.6 Å². The van der Waals surface area contributed by atoms with Gasteiger partial charge in [-0.25, -0.2) is 8.42 Å². The van der Waals surface area contributed by atoms with E-state index >= 15 is 0 Å². The molecule has 0 radical (unpaired) electrons. The normalized spacial score (nSPS) is 18.5. The number of hydrogen-bond acceptors (Lipinski definition) is 6. The van der Waals surface area contributed by atoms with E-state index in [4.69, 9.17) is 0 Å². The minimum atomic E-state index is -3.54. The van der Waals surface area contributed by atoms with Crippen molar-refractivity contribution in [2.24, 2.45) is 0 Å². The van der Waals surface area contributed by atoms with Crippen LogP contribution in [0.5, 0.6) is 0 Å². The molecule has 194 valence electrons. The predicted molar refractivity (Wildman–Crippen MR) is 146 cm³/mol. The Labute approximate surface area is 221 Å². The molecule has 36 heavy (non-hydrogen) atoms. The molecule has 2 aliphatic heterocycles. The van der Waals surface area contributed by atoms with Gasteiger partial charge in [-0.1, -0.05) is 40.9 Å². The predicted octanol–water partition coefficient (Wildman–Crippen LogP) is 3.79. The summed E-state index contributed by atoms with van der Waals surface area (Å²) in [5, 5.41) is 8.74. The van der Waals surface area contributed by atoms with Gasteiger partial charge in [-0.2, -0.15) is 0 Å². The summed E-state index contributed by atoms with van der Waals surface area (Å²) in [6.07, 6.45) is 6.00. The van der Waals surface area contributed by atoms with E-state index in [9.17, 15) is 18.0 Å². The van der Waals surface area contributed by atoms with E-state index in [1.54, 1.807) is 36.4 Å². The summed E-state index contributed by atoms with van der Waals surface area (Å²) in [7, 11) is -3.54. The summed E-state index contributed by atoms with van der Waals surface area (Å²) in [4.78, 5) is 27.8. The average molecular weight is 578 g/mol. The topological polar surface area (TPSA) is 108 Å². The van der Waals surface area contributed by atoms with Gasteiger partial charge >= 0.3 is 0 Å². The third-order valence-corrected chi connectivity index (χ3v) is 8.63. The van der Waals surface area contributed by atoms with Gasteiger partial charge < -0.3 is 20.9 Å². The van der Waals surface area contributed by atoms with Crippen LogP contribution >= 0.6 is 15.9 Å². The Morgan fingerprint density at radius 3 is 2.58 bits per heavy atom. The van der Waals surface area contributed by atoms with E-state index in [2.05, 4.69) is 36.8 Å². The number of carbonyl (C=O) groups excluding carboxylic acids is 2. The Bertz CT molecular complexity index is 1200. The van der Waals surface area contributed by atoms with E-state index in [1.807, 2.05) is 6.07 Å².